The van der Waals surface area contributed by atoms with Crippen LogP contribution in [0.15, 0.2) is 36.5 Å². The summed E-state index contributed by atoms with van der Waals surface area (Å²) in [4.78, 5) is 24.4. The van der Waals surface area contributed by atoms with Crippen molar-refractivity contribution in [1.82, 2.24) is 5.32 Å². The monoisotopic (exact) mass is 886 g/mol. The second-order valence-electron chi connectivity index (χ2n) is 18.9. The molecule has 0 aliphatic carbocycles. The second kappa shape index (κ2) is 52.7. The van der Waals surface area contributed by atoms with Gasteiger partial charge in [0.15, 0.2) is 0 Å². The molecule has 2 unspecified atom stereocenters. The molecule has 0 rings (SSSR count). The highest BCUT2D eigenvalue weighted by Gasteiger charge is 2.18. The van der Waals surface area contributed by atoms with E-state index in [1.807, 2.05) is 6.08 Å². The van der Waals surface area contributed by atoms with Gasteiger partial charge in [-0.3, -0.25) is 9.59 Å². The predicted octanol–water partition coefficient (Wildman–Crippen LogP) is 16.9. The predicted molar refractivity (Wildman–Crippen MR) is 273 cm³/mol. The fraction of sp³-hybridized carbons (Fsp3) is 0.860. The fourth-order valence-corrected chi connectivity index (χ4v) is 8.37. The molecule has 0 saturated carbocycles. The molecule has 0 aliphatic rings. The first kappa shape index (κ1) is 61.1. The summed E-state index contributed by atoms with van der Waals surface area (Å²) in [6.45, 7) is 4.86. The summed E-state index contributed by atoms with van der Waals surface area (Å²) in [5, 5.41) is 23.0. The molecule has 0 aromatic rings. The smallest absolute Gasteiger partial charge is 0.305 e. The van der Waals surface area contributed by atoms with Crippen LogP contribution in [0, 0.1) is 0 Å². The Bertz CT molecular complexity index is 1020. The number of unbranched alkanes of at least 4 members (excludes halogenated alkanes) is 36. The lowest BCUT2D eigenvalue weighted by Crippen LogP contribution is -2.45. The van der Waals surface area contributed by atoms with Crippen LogP contribution in [0.25, 0.3) is 0 Å². The molecule has 0 fully saturated rings. The number of aliphatic hydroxyl groups excluding tert-OH is 2. The molecular weight excluding hydrogens is 779 g/mol. The van der Waals surface area contributed by atoms with Gasteiger partial charge in [0.2, 0.25) is 5.91 Å². The minimum atomic E-state index is -0.844. The largest absolute Gasteiger partial charge is 0.466 e. The van der Waals surface area contributed by atoms with Gasteiger partial charge in [-0.2, -0.15) is 0 Å². The van der Waals surface area contributed by atoms with Crippen molar-refractivity contribution in [2.45, 2.75) is 302 Å². The molecule has 0 bridgehead atoms. The maximum atomic E-state index is 12.4. The van der Waals surface area contributed by atoms with Gasteiger partial charge in [0, 0.05) is 12.8 Å². The van der Waals surface area contributed by atoms with Crippen molar-refractivity contribution in [1.29, 1.82) is 0 Å². The van der Waals surface area contributed by atoms with Gasteiger partial charge >= 0.3 is 5.97 Å². The number of carbonyl (C=O) groups is 2. The van der Waals surface area contributed by atoms with Crippen molar-refractivity contribution in [2.24, 2.45) is 0 Å². The zero-order chi connectivity index (χ0) is 45.8. The molecule has 370 valence electrons. The number of hydrogen-bond donors (Lipinski definition) is 3. The van der Waals surface area contributed by atoms with E-state index in [1.54, 1.807) is 6.08 Å². The normalized spacial score (nSPS) is 12.9. The van der Waals surface area contributed by atoms with Gasteiger partial charge in [-0.15, -0.1) is 0 Å². The van der Waals surface area contributed by atoms with Gasteiger partial charge in [0.25, 0.3) is 0 Å². The first-order valence-corrected chi connectivity index (χ1v) is 27.8. The molecule has 6 nitrogen and oxygen atoms in total. The SMILES string of the molecule is CCCCCC/C=C\C/C=C\CCCCCCCC(=O)OCCCCCCCCCCCCCCCCCCCCCCC(=O)NC(CO)C(O)/C=C/CCCCCCCCCC. The number of hydrogen-bond acceptors (Lipinski definition) is 5. The first-order chi connectivity index (χ1) is 31.0. The maximum Gasteiger partial charge on any atom is 0.305 e. The van der Waals surface area contributed by atoms with Crippen LogP contribution in [0.5, 0.6) is 0 Å². The van der Waals surface area contributed by atoms with Gasteiger partial charge in [-0.1, -0.05) is 249 Å². The summed E-state index contributed by atoms with van der Waals surface area (Å²) in [7, 11) is 0. The lowest BCUT2D eigenvalue weighted by Gasteiger charge is -2.20. The lowest BCUT2D eigenvalue weighted by molar-refractivity contribution is -0.143. The molecule has 6 heteroatoms. The van der Waals surface area contributed by atoms with E-state index in [-0.39, 0.29) is 18.5 Å². The second-order valence-corrected chi connectivity index (χ2v) is 18.9. The molecule has 0 spiro atoms. The van der Waals surface area contributed by atoms with Crippen LogP contribution in [0.2, 0.25) is 0 Å². The van der Waals surface area contributed by atoms with E-state index >= 15 is 0 Å². The van der Waals surface area contributed by atoms with Crippen molar-refractivity contribution >= 4 is 11.9 Å². The number of allylic oxidation sites excluding steroid dienone is 5. The molecule has 0 aliphatic heterocycles. The van der Waals surface area contributed by atoms with Crippen LogP contribution in [0.3, 0.4) is 0 Å². The van der Waals surface area contributed by atoms with E-state index in [0.29, 0.717) is 19.4 Å². The standard InChI is InChI=1S/C57H107NO5/c1-3-5-7-9-11-13-15-16-17-25-28-31-35-39-43-47-51-57(62)63-52-48-44-40-36-32-29-26-23-21-19-18-20-22-24-27-30-34-38-42-46-50-56(61)58-54(53-59)55(60)49-45-41-37-33-14-12-10-8-6-4-2/h13,15,17,25,45,49,54-55,59-60H,3-12,14,16,18-24,26-44,46-48,50-53H2,1-2H3,(H,58,61)/b15-13-,25-17-,49-45+. The summed E-state index contributed by atoms with van der Waals surface area (Å²) in [5.74, 6) is -0.0764. The number of aliphatic hydroxyl groups is 2. The summed E-state index contributed by atoms with van der Waals surface area (Å²) in [6.07, 6.45) is 64.5. The van der Waals surface area contributed by atoms with E-state index in [9.17, 15) is 19.8 Å². The van der Waals surface area contributed by atoms with Crippen LogP contribution >= 0.6 is 0 Å². The Morgan fingerprint density at radius 2 is 0.794 bits per heavy atom. The van der Waals surface area contributed by atoms with E-state index in [2.05, 4.69) is 43.5 Å². The molecule has 0 aromatic heterocycles. The maximum absolute atomic E-state index is 12.4. The van der Waals surface area contributed by atoms with Crippen molar-refractivity contribution < 1.29 is 24.5 Å². The zero-order valence-electron chi connectivity index (χ0n) is 42.1. The molecule has 0 saturated heterocycles. The number of rotatable bonds is 51. The van der Waals surface area contributed by atoms with Crippen molar-refractivity contribution in [3.8, 4) is 0 Å². The minimum absolute atomic E-state index is 0.00409. The third kappa shape index (κ3) is 49.4. The Morgan fingerprint density at radius 1 is 0.444 bits per heavy atom. The summed E-state index contributed by atoms with van der Waals surface area (Å²) >= 11 is 0. The van der Waals surface area contributed by atoms with Crippen LogP contribution in [0.4, 0.5) is 0 Å². The van der Waals surface area contributed by atoms with Crippen LogP contribution in [0.1, 0.15) is 290 Å². The van der Waals surface area contributed by atoms with E-state index in [4.69, 9.17) is 4.74 Å². The zero-order valence-corrected chi connectivity index (χ0v) is 42.1. The Labute approximate surface area is 392 Å². The topological polar surface area (TPSA) is 95.9 Å². The Balaban J connectivity index is 3.40. The Hall–Kier alpha value is -1.92. The number of amides is 1. The molecule has 2 atom stereocenters. The molecule has 1 amide bonds. The average Bonchev–Trinajstić information content (AvgIpc) is 3.28. The highest BCUT2D eigenvalue weighted by Crippen LogP contribution is 2.16. The Morgan fingerprint density at radius 3 is 1.22 bits per heavy atom. The van der Waals surface area contributed by atoms with E-state index in [0.717, 1.165) is 51.4 Å². The molecular formula is C57H107NO5. The fourth-order valence-electron chi connectivity index (χ4n) is 8.37. The molecule has 63 heavy (non-hydrogen) atoms. The van der Waals surface area contributed by atoms with Gasteiger partial charge in [-0.25, -0.2) is 0 Å². The number of nitrogens with one attached hydrogen (secondary N) is 1. The number of carbonyl (C=O) groups excluding carboxylic acids is 2. The summed E-state index contributed by atoms with van der Waals surface area (Å²) in [5.41, 5.74) is 0. The Kier molecular flexibility index (Phi) is 51.1. The number of ether oxygens (including phenoxy) is 1. The van der Waals surface area contributed by atoms with Crippen molar-refractivity contribution in [3.63, 3.8) is 0 Å². The van der Waals surface area contributed by atoms with E-state index in [1.165, 1.54) is 212 Å². The van der Waals surface area contributed by atoms with E-state index < -0.39 is 12.1 Å². The number of esters is 1. The van der Waals surface area contributed by atoms with Crippen LogP contribution in [-0.4, -0.2) is 47.4 Å². The average molecular weight is 886 g/mol. The molecule has 0 radical (unpaired) electrons. The van der Waals surface area contributed by atoms with Crippen LogP contribution in [-0.2, 0) is 14.3 Å². The van der Waals surface area contributed by atoms with Crippen LogP contribution < -0.4 is 5.32 Å². The third-order valence-corrected chi connectivity index (χ3v) is 12.7. The highest BCUT2D eigenvalue weighted by atomic mass is 16.5. The van der Waals surface area contributed by atoms with Crippen molar-refractivity contribution in [3.05, 3.63) is 36.5 Å². The molecule has 0 aromatic carbocycles. The van der Waals surface area contributed by atoms with Gasteiger partial charge in [0.1, 0.15) is 0 Å². The third-order valence-electron chi connectivity index (χ3n) is 12.7. The summed E-state index contributed by atoms with van der Waals surface area (Å²) < 4.78 is 5.47. The molecule has 0 heterocycles. The first-order valence-electron chi connectivity index (χ1n) is 27.8. The van der Waals surface area contributed by atoms with Gasteiger partial charge in [-0.05, 0) is 64.2 Å². The van der Waals surface area contributed by atoms with Gasteiger partial charge in [0.05, 0.1) is 25.4 Å². The highest BCUT2D eigenvalue weighted by molar-refractivity contribution is 5.76. The molecule has 3 N–H and O–H groups in total. The van der Waals surface area contributed by atoms with Crippen molar-refractivity contribution in [2.75, 3.05) is 13.2 Å². The summed E-state index contributed by atoms with van der Waals surface area (Å²) in [6, 6.07) is -0.628. The quantitative estimate of drug-likeness (QED) is 0.0321. The lowest BCUT2D eigenvalue weighted by atomic mass is 10.0. The minimum Gasteiger partial charge on any atom is -0.466 e. The van der Waals surface area contributed by atoms with Gasteiger partial charge < -0.3 is 20.3 Å².